The number of thioether (sulfide) groups is 1. The molecule has 0 aromatic rings. The van der Waals surface area contributed by atoms with E-state index < -0.39 is 0 Å². The van der Waals surface area contributed by atoms with Gasteiger partial charge in [-0.25, -0.2) is 0 Å². The number of rotatable bonds is 20. The average molecular weight is 415 g/mol. The van der Waals surface area contributed by atoms with E-state index in [0.29, 0.717) is 0 Å². The average Bonchev–Trinajstić information content (AvgIpc) is 2.69. The lowest BCUT2D eigenvalue weighted by Gasteiger charge is -2.07. The topological polar surface area (TPSA) is 43.4 Å². The van der Waals surface area contributed by atoms with Crippen molar-refractivity contribution >= 4 is 22.8 Å². The number of hydrogen-bond acceptors (Lipinski definition) is 4. The lowest BCUT2D eigenvalue weighted by molar-refractivity contribution is -0.145. The summed E-state index contributed by atoms with van der Waals surface area (Å²) in [6.07, 6.45) is 22.1. The Morgan fingerprint density at radius 1 is 0.714 bits per heavy atom. The van der Waals surface area contributed by atoms with Gasteiger partial charge in [-0.2, -0.15) is 0 Å². The second kappa shape index (κ2) is 21.2. The van der Waals surface area contributed by atoms with Crippen LogP contribution in [-0.2, 0) is 14.3 Å². The van der Waals surface area contributed by atoms with Crippen LogP contribution in [-0.4, -0.2) is 23.9 Å². The van der Waals surface area contributed by atoms with Crippen molar-refractivity contribution < 1.29 is 14.3 Å². The number of ether oxygens (including phenoxy) is 1. The van der Waals surface area contributed by atoms with Gasteiger partial charge in [-0.1, -0.05) is 122 Å². The number of methoxy groups -OCH3 is 1. The highest BCUT2D eigenvalue weighted by molar-refractivity contribution is 8.13. The zero-order chi connectivity index (χ0) is 20.9. The summed E-state index contributed by atoms with van der Waals surface area (Å²) < 4.78 is 4.65. The summed E-state index contributed by atoms with van der Waals surface area (Å²) in [6.45, 7) is 4.03. The SMILES string of the molecule is CCCCCCCCCCCCCCCCCCSC(=O)CC(C)C(=O)OC. The maximum atomic E-state index is 11.8. The van der Waals surface area contributed by atoms with Crippen LogP contribution in [0.4, 0.5) is 0 Å². The molecule has 4 heteroatoms. The minimum atomic E-state index is -0.323. The van der Waals surface area contributed by atoms with Gasteiger partial charge in [0.2, 0.25) is 0 Å². The Morgan fingerprint density at radius 3 is 1.50 bits per heavy atom. The fourth-order valence-corrected chi connectivity index (χ4v) is 4.37. The molecule has 0 heterocycles. The maximum absolute atomic E-state index is 11.8. The van der Waals surface area contributed by atoms with Gasteiger partial charge in [0.1, 0.15) is 0 Å². The van der Waals surface area contributed by atoms with Gasteiger partial charge >= 0.3 is 5.97 Å². The zero-order valence-electron chi connectivity index (χ0n) is 18.9. The molecule has 0 aromatic carbocycles. The second-order valence-corrected chi connectivity index (χ2v) is 9.30. The fourth-order valence-electron chi connectivity index (χ4n) is 3.43. The van der Waals surface area contributed by atoms with Crippen LogP contribution >= 0.6 is 11.8 Å². The molecule has 3 nitrogen and oxygen atoms in total. The minimum absolute atomic E-state index is 0.110. The number of hydrogen-bond donors (Lipinski definition) is 0. The van der Waals surface area contributed by atoms with E-state index in [1.54, 1.807) is 6.92 Å². The summed E-state index contributed by atoms with van der Waals surface area (Å²) in [7, 11) is 1.37. The van der Waals surface area contributed by atoms with Crippen molar-refractivity contribution in [3.05, 3.63) is 0 Å². The Morgan fingerprint density at radius 2 is 1.11 bits per heavy atom. The summed E-state index contributed by atoms with van der Waals surface area (Å²) >= 11 is 1.37. The number of unbranched alkanes of at least 4 members (excludes halogenated alkanes) is 15. The molecule has 0 fully saturated rings. The predicted octanol–water partition coefficient (Wildman–Crippen LogP) is 7.71. The van der Waals surface area contributed by atoms with E-state index in [1.807, 2.05) is 0 Å². The normalized spacial score (nSPS) is 12.1. The van der Waals surface area contributed by atoms with Gasteiger partial charge < -0.3 is 4.74 Å². The molecule has 0 saturated heterocycles. The van der Waals surface area contributed by atoms with Crippen LogP contribution < -0.4 is 0 Å². The van der Waals surface area contributed by atoms with Crippen LogP contribution in [0.15, 0.2) is 0 Å². The molecule has 0 aliphatic rings. The van der Waals surface area contributed by atoms with Gasteiger partial charge in [0.05, 0.1) is 13.0 Å². The second-order valence-electron chi connectivity index (χ2n) is 8.15. The van der Waals surface area contributed by atoms with Crippen LogP contribution in [0.3, 0.4) is 0 Å². The standard InChI is InChI=1S/C24H46O3S/c1-4-5-6-7-8-9-10-11-12-13-14-15-16-17-18-19-20-28-23(25)21-22(2)24(26)27-3/h22H,4-21H2,1-3H3. The third-order valence-corrected chi connectivity index (χ3v) is 6.32. The summed E-state index contributed by atoms with van der Waals surface area (Å²) in [5, 5.41) is 0.110. The van der Waals surface area contributed by atoms with E-state index in [1.165, 1.54) is 115 Å². The van der Waals surface area contributed by atoms with Crippen molar-refractivity contribution in [3.8, 4) is 0 Å². The highest BCUT2D eigenvalue weighted by Crippen LogP contribution is 2.17. The van der Waals surface area contributed by atoms with Crippen molar-refractivity contribution in [1.82, 2.24) is 0 Å². The Balaban J connectivity index is 3.21. The molecule has 0 rings (SSSR count). The quantitative estimate of drug-likeness (QED) is 0.151. The van der Waals surface area contributed by atoms with Gasteiger partial charge in [-0.05, 0) is 6.42 Å². The van der Waals surface area contributed by atoms with Crippen LogP contribution in [0.5, 0.6) is 0 Å². The molecule has 0 N–H and O–H groups in total. The monoisotopic (exact) mass is 414 g/mol. The van der Waals surface area contributed by atoms with Gasteiger partial charge in [-0.15, -0.1) is 0 Å². The van der Waals surface area contributed by atoms with E-state index in [9.17, 15) is 9.59 Å². The van der Waals surface area contributed by atoms with E-state index in [2.05, 4.69) is 11.7 Å². The first-order chi connectivity index (χ1) is 13.6. The van der Waals surface area contributed by atoms with Crippen LogP contribution in [0.1, 0.15) is 123 Å². The molecule has 0 aliphatic carbocycles. The zero-order valence-corrected chi connectivity index (χ0v) is 19.8. The molecule has 0 bridgehead atoms. The molecule has 0 radical (unpaired) electrons. The van der Waals surface area contributed by atoms with Crippen molar-refractivity contribution in [2.24, 2.45) is 5.92 Å². The number of carbonyl (C=O) groups excluding carboxylic acids is 2. The molecular weight excluding hydrogens is 368 g/mol. The molecule has 0 saturated carbocycles. The molecule has 0 aliphatic heterocycles. The first-order valence-electron chi connectivity index (χ1n) is 11.8. The Hall–Kier alpha value is -0.510. The number of esters is 1. The van der Waals surface area contributed by atoms with E-state index >= 15 is 0 Å². The first kappa shape index (κ1) is 27.5. The van der Waals surface area contributed by atoms with Gasteiger partial charge in [0.15, 0.2) is 5.12 Å². The van der Waals surface area contributed by atoms with Gasteiger partial charge in [0, 0.05) is 12.2 Å². The minimum Gasteiger partial charge on any atom is -0.469 e. The number of carbonyl (C=O) groups is 2. The highest BCUT2D eigenvalue weighted by atomic mass is 32.2. The summed E-state index contributed by atoms with van der Waals surface area (Å²) in [6, 6.07) is 0. The molecule has 1 unspecified atom stereocenters. The van der Waals surface area contributed by atoms with E-state index in [4.69, 9.17) is 0 Å². The summed E-state index contributed by atoms with van der Waals surface area (Å²) in [4.78, 5) is 23.1. The maximum Gasteiger partial charge on any atom is 0.308 e. The van der Waals surface area contributed by atoms with Crippen molar-refractivity contribution in [3.63, 3.8) is 0 Å². The molecule has 0 spiro atoms. The predicted molar refractivity (Wildman–Crippen MR) is 123 cm³/mol. The highest BCUT2D eigenvalue weighted by Gasteiger charge is 2.17. The fraction of sp³-hybridized carbons (Fsp3) is 0.917. The lowest BCUT2D eigenvalue weighted by atomic mass is 10.0. The lowest BCUT2D eigenvalue weighted by Crippen LogP contribution is -2.15. The van der Waals surface area contributed by atoms with E-state index in [0.717, 1.165) is 12.2 Å². The summed E-state index contributed by atoms with van der Waals surface area (Å²) in [5.41, 5.74) is 0. The molecule has 1 atom stereocenters. The van der Waals surface area contributed by atoms with Crippen molar-refractivity contribution in [2.75, 3.05) is 12.9 Å². The van der Waals surface area contributed by atoms with Crippen LogP contribution in [0, 0.1) is 5.92 Å². The third kappa shape index (κ3) is 18.8. The largest absolute Gasteiger partial charge is 0.469 e. The third-order valence-electron chi connectivity index (χ3n) is 5.34. The van der Waals surface area contributed by atoms with Crippen molar-refractivity contribution in [1.29, 1.82) is 0 Å². The van der Waals surface area contributed by atoms with Crippen molar-refractivity contribution in [2.45, 2.75) is 123 Å². The van der Waals surface area contributed by atoms with Gasteiger partial charge in [0.25, 0.3) is 0 Å². The molecule has 166 valence electrons. The smallest absolute Gasteiger partial charge is 0.308 e. The molecule has 0 amide bonds. The molecule has 28 heavy (non-hydrogen) atoms. The van der Waals surface area contributed by atoms with Gasteiger partial charge in [-0.3, -0.25) is 9.59 Å². The van der Waals surface area contributed by atoms with Crippen LogP contribution in [0.25, 0.3) is 0 Å². The van der Waals surface area contributed by atoms with Crippen LogP contribution in [0.2, 0.25) is 0 Å². The molecular formula is C24H46O3S. The molecule has 0 aromatic heterocycles. The Kier molecular flexibility index (Phi) is 20.8. The van der Waals surface area contributed by atoms with E-state index in [-0.39, 0.29) is 23.4 Å². The Bertz CT molecular complexity index is 371. The summed E-state index contributed by atoms with van der Waals surface area (Å²) in [5.74, 6) is 0.262. The Labute approximate surface area is 179 Å². The first-order valence-corrected chi connectivity index (χ1v) is 12.8.